The molecule has 1 aromatic heterocycles. The highest BCUT2D eigenvalue weighted by atomic mass is 32.1. The summed E-state index contributed by atoms with van der Waals surface area (Å²) < 4.78 is 5.46. The van der Waals surface area contributed by atoms with Gasteiger partial charge < -0.3 is 19.9 Å². The summed E-state index contributed by atoms with van der Waals surface area (Å²) in [5, 5.41) is 6.33. The van der Waals surface area contributed by atoms with E-state index in [2.05, 4.69) is 16.8 Å². The molecule has 6 nitrogen and oxygen atoms in total. The fourth-order valence-electron chi connectivity index (χ4n) is 3.59. The number of aromatic nitrogens is 1. The number of methoxy groups -OCH3 is 1. The predicted octanol–water partition coefficient (Wildman–Crippen LogP) is 0.0168. The number of rotatable bonds is 6. The molecule has 1 amide bonds. The van der Waals surface area contributed by atoms with Gasteiger partial charge in [-0.3, -0.25) is 4.79 Å². The molecule has 0 unspecified atom stereocenters. The number of hydrogen-bond acceptors (Lipinski definition) is 4. The van der Waals surface area contributed by atoms with Gasteiger partial charge >= 0.3 is 0 Å². The third-order valence-electron chi connectivity index (χ3n) is 4.93. The molecule has 3 rings (SSSR count). The number of quaternary nitrogens is 2. The first-order valence-corrected chi connectivity index (χ1v) is 10.8. The molecule has 3 N–H and O–H groups in total. The van der Waals surface area contributed by atoms with E-state index in [1.165, 1.54) is 4.90 Å². The zero-order valence-electron chi connectivity index (χ0n) is 17.3. The van der Waals surface area contributed by atoms with E-state index in [1.54, 1.807) is 23.3 Å². The maximum absolute atomic E-state index is 12.1. The number of ether oxygens (including phenoxy) is 1. The van der Waals surface area contributed by atoms with Gasteiger partial charge in [0.05, 0.1) is 12.8 Å². The van der Waals surface area contributed by atoms with Gasteiger partial charge in [-0.2, -0.15) is 0 Å². The van der Waals surface area contributed by atoms with Crippen LogP contribution in [0.3, 0.4) is 0 Å². The number of hydrogen-bond donors (Lipinski definition) is 3. The van der Waals surface area contributed by atoms with Crippen LogP contribution in [-0.2, 0) is 11.3 Å². The summed E-state index contributed by atoms with van der Waals surface area (Å²) in [6, 6.07) is 8.01. The summed E-state index contributed by atoms with van der Waals surface area (Å²) in [6.45, 7) is 11.8. The minimum atomic E-state index is -0.159. The number of piperazine rings is 1. The molecular formula is C21H32N4O2S+2. The minimum Gasteiger partial charge on any atom is -0.496 e. The molecule has 0 spiro atoms. The Labute approximate surface area is 171 Å². The van der Waals surface area contributed by atoms with E-state index in [0.29, 0.717) is 6.54 Å². The summed E-state index contributed by atoms with van der Waals surface area (Å²) in [7, 11) is 1.69. The largest absolute Gasteiger partial charge is 0.496 e. The van der Waals surface area contributed by atoms with Crippen LogP contribution >= 0.6 is 11.3 Å². The van der Waals surface area contributed by atoms with Crippen molar-refractivity contribution < 1.29 is 19.3 Å². The molecule has 2 aromatic rings. The van der Waals surface area contributed by atoms with Crippen LogP contribution in [0.5, 0.6) is 5.75 Å². The average molecular weight is 405 g/mol. The first-order valence-electron chi connectivity index (χ1n) is 9.90. The molecule has 152 valence electrons. The van der Waals surface area contributed by atoms with Crippen LogP contribution in [0, 0.1) is 0 Å². The standard InChI is InChI=1S/C21H30N4O2S/c1-21(2,3)23-19(26)13-24-9-11-25(12-10-24)14-20-22-17(15-28-20)16-7-5-6-8-18(16)27-4/h5-8,15H,9-14H2,1-4H3,(H,23,26)/p+2. The minimum absolute atomic E-state index is 0.146. The van der Waals surface area contributed by atoms with Crippen LogP contribution in [0.15, 0.2) is 29.6 Å². The Balaban J connectivity index is 1.50. The second kappa shape index (κ2) is 9.03. The van der Waals surface area contributed by atoms with E-state index in [0.717, 1.165) is 54.7 Å². The molecule has 1 aliphatic rings. The van der Waals surface area contributed by atoms with Gasteiger partial charge in [0.1, 0.15) is 43.5 Å². The fraction of sp³-hybridized carbons (Fsp3) is 0.524. The summed E-state index contributed by atoms with van der Waals surface area (Å²) in [5.74, 6) is 1.00. The molecule has 0 aliphatic carbocycles. The number of thiazole rings is 1. The zero-order valence-corrected chi connectivity index (χ0v) is 18.1. The zero-order chi connectivity index (χ0) is 20.1. The Morgan fingerprint density at radius 1 is 1.18 bits per heavy atom. The highest BCUT2D eigenvalue weighted by Gasteiger charge is 2.26. The van der Waals surface area contributed by atoms with Gasteiger partial charge in [0, 0.05) is 16.5 Å². The summed E-state index contributed by atoms with van der Waals surface area (Å²) in [5.41, 5.74) is 1.87. The SMILES string of the molecule is COc1ccccc1-c1csc(C[NH+]2CC[NH+](CC(=O)NC(C)(C)C)CC2)n1. The first-order chi connectivity index (χ1) is 13.3. The highest BCUT2D eigenvalue weighted by molar-refractivity contribution is 7.09. The van der Waals surface area contributed by atoms with Crippen molar-refractivity contribution in [2.24, 2.45) is 0 Å². The average Bonchev–Trinajstić information content (AvgIpc) is 3.10. The Kier molecular flexibility index (Phi) is 6.69. The third-order valence-corrected chi connectivity index (χ3v) is 5.77. The normalized spacial score (nSPS) is 20.0. The summed E-state index contributed by atoms with van der Waals surface area (Å²) >= 11 is 1.72. The van der Waals surface area contributed by atoms with E-state index >= 15 is 0 Å². The molecule has 28 heavy (non-hydrogen) atoms. The second-order valence-corrected chi connectivity index (χ2v) is 9.42. The number of amides is 1. The maximum Gasteiger partial charge on any atom is 0.275 e. The van der Waals surface area contributed by atoms with Crippen LogP contribution < -0.4 is 19.9 Å². The number of benzene rings is 1. The number of nitrogens with one attached hydrogen (secondary N) is 3. The van der Waals surface area contributed by atoms with E-state index in [9.17, 15) is 4.79 Å². The highest BCUT2D eigenvalue weighted by Crippen LogP contribution is 2.30. The Bertz CT molecular complexity index is 792. The Morgan fingerprint density at radius 2 is 1.86 bits per heavy atom. The lowest BCUT2D eigenvalue weighted by Crippen LogP contribution is -3.28. The summed E-state index contributed by atoms with van der Waals surface area (Å²) in [4.78, 5) is 19.9. The van der Waals surface area contributed by atoms with Crippen molar-refractivity contribution in [2.75, 3.05) is 39.8 Å². The van der Waals surface area contributed by atoms with Gasteiger partial charge in [-0.15, -0.1) is 11.3 Å². The van der Waals surface area contributed by atoms with Gasteiger partial charge in [0.25, 0.3) is 5.91 Å². The second-order valence-electron chi connectivity index (χ2n) is 8.48. The van der Waals surface area contributed by atoms with Crippen LogP contribution in [0.1, 0.15) is 25.8 Å². The molecule has 0 atom stereocenters. The first kappa shape index (κ1) is 20.8. The summed E-state index contributed by atoms with van der Waals surface area (Å²) in [6.07, 6.45) is 0. The van der Waals surface area contributed by atoms with Crippen LogP contribution in [0.4, 0.5) is 0 Å². The number of carbonyl (C=O) groups excluding carboxylic acids is 1. The molecule has 1 fully saturated rings. The molecule has 0 saturated carbocycles. The van der Waals surface area contributed by atoms with Gasteiger partial charge in [0.15, 0.2) is 6.54 Å². The van der Waals surface area contributed by atoms with Crippen molar-refractivity contribution >= 4 is 17.2 Å². The van der Waals surface area contributed by atoms with Crippen molar-refractivity contribution in [1.29, 1.82) is 0 Å². The van der Waals surface area contributed by atoms with Crippen molar-refractivity contribution in [3.05, 3.63) is 34.7 Å². The molecule has 1 saturated heterocycles. The van der Waals surface area contributed by atoms with Crippen molar-refractivity contribution in [2.45, 2.75) is 32.9 Å². The maximum atomic E-state index is 12.1. The van der Waals surface area contributed by atoms with Crippen molar-refractivity contribution in [1.82, 2.24) is 10.3 Å². The molecular weight excluding hydrogens is 372 g/mol. The molecule has 0 bridgehead atoms. The Morgan fingerprint density at radius 3 is 2.54 bits per heavy atom. The van der Waals surface area contributed by atoms with E-state index in [-0.39, 0.29) is 11.4 Å². The molecule has 7 heteroatoms. The molecule has 1 aliphatic heterocycles. The van der Waals surface area contributed by atoms with Crippen LogP contribution in [0.2, 0.25) is 0 Å². The molecule has 0 radical (unpaired) electrons. The van der Waals surface area contributed by atoms with E-state index < -0.39 is 0 Å². The fourth-order valence-corrected chi connectivity index (χ4v) is 4.45. The van der Waals surface area contributed by atoms with Crippen molar-refractivity contribution in [3.8, 4) is 17.0 Å². The van der Waals surface area contributed by atoms with Crippen molar-refractivity contribution in [3.63, 3.8) is 0 Å². The van der Waals surface area contributed by atoms with E-state index in [4.69, 9.17) is 9.72 Å². The Hall–Kier alpha value is -1.96. The van der Waals surface area contributed by atoms with Gasteiger partial charge in [0.2, 0.25) is 0 Å². The van der Waals surface area contributed by atoms with Gasteiger partial charge in [-0.1, -0.05) is 12.1 Å². The van der Waals surface area contributed by atoms with Crippen LogP contribution in [-0.4, -0.2) is 56.3 Å². The lowest BCUT2D eigenvalue weighted by Gasteiger charge is -2.29. The number of nitrogens with zero attached hydrogens (tertiary/aromatic N) is 1. The molecule has 2 heterocycles. The number of carbonyl (C=O) groups is 1. The lowest BCUT2D eigenvalue weighted by atomic mass is 10.1. The lowest BCUT2D eigenvalue weighted by molar-refractivity contribution is -1.02. The monoisotopic (exact) mass is 404 g/mol. The quantitative estimate of drug-likeness (QED) is 0.636. The molecule has 1 aromatic carbocycles. The van der Waals surface area contributed by atoms with Gasteiger partial charge in [-0.05, 0) is 32.9 Å². The topological polar surface area (TPSA) is 60.1 Å². The van der Waals surface area contributed by atoms with Gasteiger partial charge in [-0.25, -0.2) is 4.98 Å². The van der Waals surface area contributed by atoms with E-state index in [1.807, 2.05) is 39.0 Å². The van der Waals surface area contributed by atoms with Crippen LogP contribution in [0.25, 0.3) is 11.3 Å². The number of para-hydroxylation sites is 1. The third kappa shape index (κ3) is 5.77. The predicted molar refractivity (Wildman–Crippen MR) is 112 cm³/mol. The smallest absolute Gasteiger partial charge is 0.275 e.